The Hall–Kier alpha value is -1.38. The lowest BCUT2D eigenvalue weighted by molar-refractivity contribution is -0.140. The first kappa shape index (κ1) is 20.6. The number of esters is 1. The van der Waals surface area contributed by atoms with Crippen molar-refractivity contribution in [2.24, 2.45) is 0 Å². The number of carbonyl (C=O) groups is 2. The van der Waals surface area contributed by atoms with E-state index in [4.69, 9.17) is 0 Å². The number of ketones is 1. The van der Waals surface area contributed by atoms with E-state index in [1.807, 2.05) is 0 Å². The molecule has 3 heteroatoms. The van der Waals surface area contributed by atoms with Gasteiger partial charge in [-0.3, -0.25) is 4.79 Å². The van der Waals surface area contributed by atoms with Crippen LogP contribution in [0.25, 0.3) is 0 Å². The topological polar surface area (TPSA) is 43.4 Å². The molecule has 0 bridgehead atoms. The fourth-order valence-corrected chi connectivity index (χ4v) is 2.14. The van der Waals surface area contributed by atoms with Gasteiger partial charge in [0.05, 0.1) is 7.11 Å². The fourth-order valence-electron chi connectivity index (χ4n) is 2.14. The first-order valence-electron chi connectivity index (χ1n) is 8.53. The third-order valence-electron chi connectivity index (χ3n) is 3.48. The van der Waals surface area contributed by atoms with Crippen LogP contribution in [0, 0.1) is 0 Å². The summed E-state index contributed by atoms with van der Waals surface area (Å²) < 4.78 is 4.61. The second-order valence-corrected chi connectivity index (χ2v) is 5.66. The predicted molar refractivity (Wildman–Crippen MR) is 91.8 cm³/mol. The zero-order valence-corrected chi connectivity index (χ0v) is 14.3. The highest BCUT2D eigenvalue weighted by molar-refractivity contribution is 5.75. The Kier molecular flexibility index (Phi) is 15.0. The third-order valence-corrected chi connectivity index (χ3v) is 3.48. The molecule has 22 heavy (non-hydrogen) atoms. The molecule has 0 aromatic heterocycles. The van der Waals surface area contributed by atoms with Gasteiger partial charge in [0.1, 0.15) is 5.78 Å². The molecule has 0 aliphatic carbocycles. The zero-order valence-electron chi connectivity index (χ0n) is 14.3. The molecule has 126 valence electrons. The van der Waals surface area contributed by atoms with E-state index in [1.165, 1.54) is 26.4 Å². The molecule has 0 aliphatic heterocycles. The zero-order chi connectivity index (χ0) is 16.5. The highest BCUT2D eigenvalue weighted by atomic mass is 16.5. The maximum absolute atomic E-state index is 10.9. The van der Waals surface area contributed by atoms with Crippen molar-refractivity contribution < 1.29 is 14.3 Å². The fraction of sp³-hybridized carbons (Fsp3) is 0.684. The lowest BCUT2D eigenvalue weighted by atomic mass is 10.1. The summed E-state index contributed by atoms with van der Waals surface area (Å²) in [4.78, 5) is 21.7. The number of methoxy groups -OCH3 is 1. The van der Waals surface area contributed by atoms with E-state index < -0.39 is 0 Å². The molecule has 0 aromatic carbocycles. The first-order chi connectivity index (χ1) is 10.7. The third kappa shape index (κ3) is 16.7. The number of unbranched alkanes of at least 4 members (excludes halogenated alkanes) is 6. The van der Waals surface area contributed by atoms with E-state index in [9.17, 15) is 9.59 Å². The minimum absolute atomic E-state index is 0.0997. The number of carbonyl (C=O) groups excluding carboxylic acids is 2. The van der Waals surface area contributed by atoms with Gasteiger partial charge in [-0.1, -0.05) is 43.6 Å². The molecule has 0 fully saturated rings. The first-order valence-corrected chi connectivity index (χ1v) is 8.53. The van der Waals surface area contributed by atoms with Crippen LogP contribution < -0.4 is 0 Å². The Balaban J connectivity index is 3.25. The van der Waals surface area contributed by atoms with Crippen LogP contribution >= 0.6 is 0 Å². The summed E-state index contributed by atoms with van der Waals surface area (Å²) in [5.41, 5.74) is 0. The molecule has 3 nitrogen and oxygen atoms in total. The summed E-state index contributed by atoms with van der Waals surface area (Å²) in [5, 5.41) is 0. The Morgan fingerprint density at radius 2 is 1.36 bits per heavy atom. The average molecular weight is 308 g/mol. The molecule has 0 saturated heterocycles. The molecule has 0 aliphatic rings. The van der Waals surface area contributed by atoms with Crippen molar-refractivity contribution in [1.29, 1.82) is 0 Å². The van der Waals surface area contributed by atoms with E-state index >= 15 is 0 Å². The molecule has 0 spiro atoms. The summed E-state index contributed by atoms with van der Waals surface area (Å²) in [6.45, 7) is 1.64. The summed E-state index contributed by atoms with van der Waals surface area (Å²) in [7, 11) is 1.44. The Labute approximate surface area is 135 Å². The van der Waals surface area contributed by atoms with Crippen LogP contribution in [0.5, 0.6) is 0 Å². The lowest BCUT2D eigenvalue weighted by Gasteiger charge is -1.99. The van der Waals surface area contributed by atoms with Crippen molar-refractivity contribution in [3.05, 3.63) is 24.3 Å². The van der Waals surface area contributed by atoms with Crippen molar-refractivity contribution in [2.75, 3.05) is 7.11 Å². The van der Waals surface area contributed by atoms with E-state index in [-0.39, 0.29) is 11.8 Å². The van der Waals surface area contributed by atoms with Crippen LogP contribution in [0.15, 0.2) is 24.3 Å². The predicted octanol–water partition coefficient (Wildman–Crippen LogP) is 5.15. The van der Waals surface area contributed by atoms with Gasteiger partial charge in [0.25, 0.3) is 0 Å². The molecular formula is C19H32O3. The molecule has 0 amide bonds. The summed E-state index contributed by atoms with van der Waals surface area (Å²) in [5.74, 6) is 0.177. The van der Waals surface area contributed by atoms with E-state index in [0.29, 0.717) is 12.8 Å². The summed E-state index contributed by atoms with van der Waals surface area (Å²) >= 11 is 0. The maximum Gasteiger partial charge on any atom is 0.305 e. The number of hydrogen-bond acceptors (Lipinski definition) is 3. The molecule has 0 rings (SSSR count). The van der Waals surface area contributed by atoms with Crippen LogP contribution in [0.3, 0.4) is 0 Å². The highest BCUT2D eigenvalue weighted by Gasteiger charge is 1.98. The van der Waals surface area contributed by atoms with E-state index in [0.717, 1.165) is 38.5 Å². The van der Waals surface area contributed by atoms with Gasteiger partial charge in [-0.2, -0.15) is 0 Å². The Morgan fingerprint density at radius 1 is 0.773 bits per heavy atom. The second kappa shape index (κ2) is 16.0. The Morgan fingerprint density at radius 3 is 2.00 bits per heavy atom. The van der Waals surface area contributed by atoms with E-state index in [1.54, 1.807) is 6.92 Å². The van der Waals surface area contributed by atoms with Gasteiger partial charge in [-0.25, -0.2) is 0 Å². The standard InChI is InChI=1S/C19H32O3/c1-18(20)16-14-12-10-8-6-4-3-5-7-9-11-13-15-17-19(21)22-2/h3-4,8,10H,5-7,9,11-17H2,1-2H3/b4-3-,10-8-. The molecule has 0 aromatic rings. The quantitative estimate of drug-likeness (QED) is 0.253. The Bertz CT molecular complexity index is 343. The van der Waals surface area contributed by atoms with Gasteiger partial charge in [-0.15, -0.1) is 0 Å². The molecule has 0 atom stereocenters. The molecule has 0 radical (unpaired) electrons. The van der Waals surface area contributed by atoms with Crippen LogP contribution in [-0.4, -0.2) is 18.9 Å². The van der Waals surface area contributed by atoms with Gasteiger partial charge >= 0.3 is 5.97 Å². The van der Waals surface area contributed by atoms with Crippen LogP contribution in [0.4, 0.5) is 0 Å². The number of ether oxygens (including phenoxy) is 1. The monoisotopic (exact) mass is 308 g/mol. The van der Waals surface area contributed by atoms with Gasteiger partial charge < -0.3 is 9.53 Å². The van der Waals surface area contributed by atoms with Crippen LogP contribution in [0.1, 0.15) is 77.6 Å². The van der Waals surface area contributed by atoms with Gasteiger partial charge in [0, 0.05) is 12.8 Å². The second-order valence-electron chi connectivity index (χ2n) is 5.66. The largest absolute Gasteiger partial charge is 0.469 e. The maximum atomic E-state index is 10.9. The number of allylic oxidation sites excluding steroid dienone is 4. The SMILES string of the molecule is COC(=O)CCCCCCC/C=C\C/C=C\CCCC(C)=O. The van der Waals surface area contributed by atoms with Gasteiger partial charge in [-0.05, 0) is 45.4 Å². The van der Waals surface area contributed by atoms with Crippen LogP contribution in [-0.2, 0) is 14.3 Å². The highest BCUT2D eigenvalue weighted by Crippen LogP contribution is 2.08. The van der Waals surface area contributed by atoms with Crippen molar-refractivity contribution in [3.63, 3.8) is 0 Å². The van der Waals surface area contributed by atoms with E-state index in [2.05, 4.69) is 29.0 Å². The lowest BCUT2D eigenvalue weighted by Crippen LogP contribution is -1.98. The smallest absolute Gasteiger partial charge is 0.305 e. The molecule has 0 heterocycles. The van der Waals surface area contributed by atoms with Crippen molar-refractivity contribution in [3.8, 4) is 0 Å². The average Bonchev–Trinajstić information content (AvgIpc) is 2.50. The van der Waals surface area contributed by atoms with Crippen molar-refractivity contribution >= 4 is 11.8 Å². The molecular weight excluding hydrogens is 276 g/mol. The van der Waals surface area contributed by atoms with Crippen molar-refractivity contribution in [1.82, 2.24) is 0 Å². The summed E-state index contributed by atoms with van der Waals surface area (Å²) in [6.07, 6.45) is 19.8. The summed E-state index contributed by atoms with van der Waals surface area (Å²) in [6, 6.07) is 0. The normalized spacial score (nSPS) is 11.4. The molecule has 0 saturated carbocycles. The minimum atomic E-state index is -0.0997. The number of hydrogen-bond donors (Lipinski definition) is 0. The number of Topliss-reactive ketones (excluding diaryl/α,β-unsaturated/α-hetero) is 1. The molecule has 0 N–H and O–H groups in total. The van der Waals surface area contributed by atoms with Gasteiger partial charge in [0.2, 0.25) is 0 Å². The molecule has 0 unspecified atom stereocenters. The van der Waals surface area contributed by atoms with Gasteiger partial charge in [0.15, 0.2) is 0 Å². The van der Waals surface area contributed by atoms with Crippen molar-refractivity contribution in [2.45, 2.75) is 77.6 Å². The van der Waals surface area contributed by atoms with Crippen LogP contribution in [0.2, 0.25) is 0 Å². The minimum Gasteiger partial charge on any atom is -0.469 e. The number of rotatable bonds is 14.